The number of amides is 1. The van der Waals surface area contributed by atoms with Crippen LogP contribution in [0.25, 0.3) is 22.2 Å². The normalized spacial score (nSPS) is 11.5. The van der Waals surface area contributed by atoms with Crippen LogP contribution in [0.5, 0.6) is 5.75 Å². The first-order chi connectivity index (χ1) is 14.2. The third-order valence-electron chi connectivity index (χ3n) is 4.58. The van der Waals surface area contributed by atoms with Gasteiger partial charge in [0, 0.05) is 25.8 Å². The highest BCUT2D eigenvalue weighted by atomic mass is 19.4. The monoisotopic (exact) mass is 419 g/mol. The van der Waals surface area contributed by atoms with Gasteiger partial charge in [0.25, 0.3) is 0 Å². The maximum Gasteiger partial charge on any atom is 0.573 e. The number of alkyl halides is 3. The molecule has 0 bridgehead atoms. The van der Waals surface area contributed by atoms with Gasteiger partial charge in [0.05, 0.1) is 17.4 Å². The summed E-state index contributed by atoms with van der Waals surface area (Å²) in [5.41, 5.74) is 4.34. The lowest BCUT2D eigenvalue weighted by molar-refractivity contribution is -0.274. The van der Waals surface area contributed by atoms with Crippen LogP contribution in [0.1, 0.15) is 11.1 Å². The number of nitrogens with one attached hydrogen (secondary N) is 1. The molecule has 158 valence electrons. The minimum absolute atomic E-state index is 0.0918. The van der Waals surface area contributed by atoms with Crippen molar-refractivity contribution in [3.63, 3.8) is 0 Å². The summed E-state index contributed by atoms with van der Waals surface area (Å²) < 4.78 is 43.0. The van der Waals surface area contributed by atoms with E-state index in [0.29, 0.717) is 23.1 Å². The lowest BCUT2D eigenvalue weighted by Crippen LogP contribution is -2.21. The van der Waals surface area contributed by atoms with Crippen LogP contribution in [0.2, 0.25) is 0 Å². The van der Waals surface area contributed by atoms with E-state index in [4.69, 9.17) is 0 Å². The summed E-state index contributed by atoms with van der Waals surface area (Å²) in [5, 5.41) is 12.3. The zero-order valence-electron chi connectivity index (χ0n) is 16.2. The molecule has 1 heterocycles. The zero-order valence-corrected chi connectivity index (χ0v) is 16.2. The number of rotatable bonds is 7. The van der Waals surface area contributed by atoms with Crippen LogP contribution in [0.4, 0.5) is 13.2 Å². The third kappa shape index (κ3) is 4.62. The van der Waals surface area contributed by atoms with Crippen LogP contribution in [-0.2, 0) is 24.8 Å². The Morgan fingerprint density at radius 1 is 1.33 bits per heavy atom. The second-order valence-electron chi connectivity index (χ2n) is 6.58. The predicted molar refractivity (Wildman–Crippen MR) is 106 cm³/mol. The molecule has 0 saturated heterocycles. The molecule has 2 aromatic carbocycles. The van der Waals surface area contributed by atoms with Gasteiger partial charge in [-0.3, -0.25) is 4.79 Å². The van der Waals surface area contributed by atoms with Gasteiger partial charge in [-0.2, -0.15) is 0 Å². The molecule has 9 heteroatoms. The molecule has 3 rings (SSSR count). The van der Waals surface area contributed by atoms with Crippen molar-refractivity contribution < 1.29 is 27.8 Å². The van der Waals surface area contributed by atoms with Crippen molar-refractivity contribution in [2.24, 2.45) is 7.05 Å². The number of carbonyl (C=O) groups is 1. The number of fused-ring (bicyclic) bond motifs is 1. The summed E-state index contributed by atoms with van der Waals surface area (Å²) >= 11 is 0. The molecule has 0 spiro atoms. The Morgan fingerprint density at radius 2 is 2.03 bits per heavy atom. The van der Waals surface area contributed by atoms with Crippen LogP contribution >= 0.6 is 0 Å². The van der Waals surface area contributed by atoms with Crippen LogP contribution < -0.4 is 10.1 Å². The number of hydrogen-bond donors (Lipinski definition) is 2. The number of nitrogens with zero attached hydrogens (tertiary/aromatic N) is 2. The first kappa shape index (κ1) is 21.4. The SMILES string of the molecule is C=CC(=O)NCc1cc(-c2ccc(OC(F)(F)F)cc2)c2ncn(C)c2c1CCO. The van der Waals surface area contributed by atoms with E-state index in [2.05, 4.69) is 21.6 Å². The van der Waals surface area contributed by atoms with Crippen LogP contribution in [0.3, 0.4) is 0 Å². The average Bonchev–Trinajstić information content (AvgIpc) is 3.08. The highest BCUT2D eigenvalue weighted by molar-refractivity contribution is 5.95. The number of hydrogen-bond acceptors (Lipinski definition) is 4. The topological polar surface area (TPSA) is 76.4 Å². The Balaban J connectivity index is 2.11. The number of aromatic nitrogens is 2. The lowest BCUT2D eigenvalue weighted by atomic mass is 9.95. The summed E-state index contributed by atoms with van der Waals surface area (Å²) in [5.74, 6) is -0.663. The quantitative estimate of drug-likeness (QED) is 0.575. The molecule has 2 N–H and O–H groups in total. The van der Waals surface area contributed by atoms with Gasteiger partial charge in [0.15, 0.2) is 0 Å². The van der Waals surface area contributed by atoms with Gasteiger partial charge < -0.3 is 19.7 Å². The van der Waals surface area contributed by atoms with E-state index in [0.717, 1.165) is 22.7 Å². The maximum atomic E-state index is 12.4. The van der Waals surface area contributed by atoms with Crippen molar-refractivity contribution in [3.8, 4) is 16.9 Å². The molecule has 30 heavy (non-hydrogen) atoms. The van der Waals surface area contributed by atoms with Crippen LogP contribution in [0.15, 0.2) is 49.3 Å². The molecule has 0 aliphatic carbocycles. The molecule has 0 aliphatic heterocycles. The molecule has 0 saturated carbocycles. The van der Waals surface area contributed by atoms with E-state index in [9.17, 15) is 23.1 Å². The molecule has 0 fully saturated rings. The van der Waals surface area contributed by atoms with Gasteiger partial charge in [-0.1, -0.05) is 18.7 Å². The van der Waals surface area contributed by atoms with E-state index >= 15 is 0 Å². The summed E-state index contributed by atoms with van der Waals surface area (Å²) in [7, 11) is 1.81. The number of ether oxygens (including phenoxy) is 1. The highest BCUT2D eigenvalue weighted by Gasteiger charge is 2.31. The summed E-state index contributed by atoms with van der Waals surface area (Å²) in [4.78, 5) is 16.1. The Morgan fingerprint density at radius 3 is 2.63 bits per heavy atom. The molecule has 0 atom stereocenters. The zero-order chi connectivity index (χ0) is 21.9. The van der Waals surface area contributed by atoms with Crippen LogP contribution in [-0.4, -0.2) is 33.5 Å². The van der Waals surface area contributed by atoms with E-state index in [1.165, 1.54) is 24.3 Å². The highest BCUT2D eigenvalue weighted by Crippen LogP contribution is 2.34. The largest absolute Gasteiger partial charge is 0.573 e. The standard InChI is InChI=1S/C21H20F3N3O3/c1-3-18(29)25-11-14-10-17(13-4-6-15(7-5-13)30-21(22,23)24)19-20(16(14)8-9-28)27(2)12-26-19/h3-7,10,12,28H,1,8-9,11H2,2H3,(H,25,29). The minimum atomic E-state index is -4.77. The molecule has 0 aliphatic rings. The molecular weight excluding hydrogens is 399 g/mol. The van der Waals surface area contributed by atoms with Crippen molar-refractivity contribution in [1.29, 1.82) is 0 Å². The second kappa shape index (κ2) is 8.58. The fourth-order valence-corrected chi connectivity index (χ4v) is 3.32. The Labute approximate surface area is 170 Å². The van der Waals surface area contributed by atoms with Gasteiger partial charge in [-0.05, 0) is 47.4 Å². The van der Waals surface area contributed by atoms with Gasteiger partial charge in [0.1, 0.15) is 5.75 Å². The molecule has 3 aromatic rings. The van der Waals surface area contributed by atoms with Gasteiger partial charge >= 0.3 is 6.36 Å². The molecule has 1 aromatic heterocycles. The maximum absolute atomic E-state index is 12.4. The van der Waals surface area contributed by atoms with Crippen molar-refractivity contribution in [1.82, 2.24) is 14.9 Å². The predicted octanol–water partition coefficient (Wildman–Crippen LogP) is 3.48. The van der Waals surface area contributed by atoms with Crippen molar-refractivity contribution in [3.05, 3.63) is 60.4 Å². The average molecular weight is 419 g/mol. The third-order valence-corrected chi connectivity index (χ3v) is 4.58. The minimum Gasteiger partial charge on any atom is -0.406 e. The molecular formula is C21H20F3N3O3. The smallest absolute Gasteiger partial charge is 0.406 e. The summed E-state index contributed by atoms with van der Waals surface area (Å²) in [6.07, 6.45) is -1.62. The number of aliphatic hydroxyl groups excluding tert-OH is 1. The fourth-order valence-electron chi connectivity index (χ4n) is 3.32. The summed E-state index contributed by atoms with van der Waals surface area (Å²) in [6, 6.07) is 7.32. The van der Waals surface area contributed by atoms with Gasteiger partial charge in [-0.15, -0.1) is 13.2 Å². The Kier molecular flexibility index (Phi) is 6.12. The van der Waals surface area contributed by atoms with E-state index in [-0.39, 0.29) is 24.8 Å². The second-order valence-corrected chi connectivity index (χ2v) is 6.58. The fraction of sp³-hybridized carbons (Fsp3) is 0.238. The number of carbonyl (C=O) groups excluding carboxylic acids is 1. The molecule has 6 nitrogen and oxygen atoms in total. The Hall–Kier alpha value is -3.33. The van der Waals surface area contributed by atoms with Crippen LogP contribution in [0, 0.1) is 0 Å². The van der Waals surface area contributed by atoms with Gasteiger partial charge in [-0.25, -0.2) is 4.98 Å². The van der Waals surface area contributed by atoms with Crippen molar-refractivity contribution in [2.75, 3.05) is 6.61 Å². The lowest BCUT2D eigenvalue weighted by Gasteiger charge is -2.16. The number of aryl methyl sites for hydroxylation is 1. The first-order valence-corrected chi connectivity index (χ1v) is 9.06. The number of aliphatic hydroxyl groups is 1. The molecule has 1 amide bonds. The number of halogens is 3. The Bertz CT molecular complexity index is 1070. The summed E-state index contributed by atoms with van der Waals surface area (Å²) in [6.45, 7) is 3.53. The van der Waals surface area contributed by atoms with E-state index in [1.807, 2.05) is 17.7 Å². The molecule has 0 unspecified atom stereocenters. The van der Waals surface area contributed by atoms with E-state index < -0.39 is 6.36 Å². The number of benzene rings is 2. The van der Waals surface area contributed by atoms with E-state index in [1.54, 1.807) is 6.33 Å². The van der Waals surface area contributed by atoms with Gasteiger partial charge in [0.2, 0.25) is 5.91 Å². The van der Waals surface area contributed by atoms with Crippen molar-refractivity contribution in [2.45, 2.75) is 19.3 Å². The number of imidazole rings is 1. The first-order valence-electron chi connectivity index (χ1n) is 9.06. The molecule has 0 radical (unpaired) electrons. The van der Waals surface area contributed by atoms with Crippen molar-refractivity contribution >= 4 is 16.9 Å².